The van der Waals surface area contributed by atoms with E-state index < -0.39 is 0 Å². The molecule has 35 heavy (non-hydrogen) atoms. The van der Waals surface area contributed by atoms with Crippen LogP contribution in [-0.2, 0) is 24.3 Å². The number of aromatic nitrogens is 3. The normalized spacial score (nSPS) is 17.9. The lowest BCUT2D eigenvalue weighted by Crippen LogP contribution is -2.41. The van der Waals surface area contributed by atoms with Gasteiger partial charge in [0.05, 0.1) is 11.7 Å². The smallest absolute Gasteiger partial charge is 0.219 e. The van der Waals surface area contributed by atoms with Gasteiger partial charge in [-0.15, -0.1) is 0 Å². The SMILES string of the molecule is CCN(C(C)=O)C1CCN(c2nc(-c3ccccn3)nc3c2CN(Cc2ccc(Cl)cc2)CC3)C1. The number of benzene rings is 1. The van der Waals surface area contributed by atoms with Crippen LogP contribution in [0.4, 0.5) is 5.82 Å². The minimum absolute atomic E-state index is 0.132. The summed E-state index contributed by atoms with van der Waals surface area (Å²) in [5.41, 5.74) is 4.32. The Labute approximate surface area is 211 Å². The second kappa shape index (κ2) is 10.3. The Morgan fingerprint density at radius 2 is 1.97 bits per heavy atom. The highest BCUT2D eigenvalue weighted by molar-refractivity contribution is 6.30. The van der Waals surface area contributed by atoms with Crippen LogP contribution >= 0.6 is 11.6 Å². The number of hydrogen-bond acceptors (Lipinski definition) is 6. The molecule has 1 amide bonds. The van der Waals surface area contributed by atoms with Gasteiger partial charge in [-0.05, 0) is 43.2 Å². The van der Waals surface area contributed by atoms with Crippen molar-refractivity contribution in [3.63, 3.8) is 0 Å². The Morgan fingerprint density at radius 1 is 1.14 bits per heavy atom. The van der Waals surface area contributed by atoms with Crippen LogP contribution in [0.1, 0.15) is 37.1 Å². The zero-order valence-corrected chi connectivity index (χ0v) is 21.1. The van der Waals surface area contributed by atoms with Gasteiger partial charge in [-0.25, -0.2) is 9.97 Å². The molecule has 182 valence electrons. The summed E-state index contributed by atoms with van der Waals surface area (Å²) < 4.78 is 0. The molecule has 0 aliphatic carbocycles. The lowest BCUT2D eigenvalue weighted by Gasteiger charge is -2.32. The van der Waals surface area contributed by atoms with E-state index >= 15 is 0 Å². The zero-order chi connectivity index (χ0) is 24.4. The molecule has 3 aromatic rings. The number of likely N-dealkylation sites (N-methyl/N-ethyl adjacent to an activating group) is 1. The monoisotopic (exact) mass is 490 g/mol. The highest BCUT2D eigenvalue weighted by atomic mass is 35.5. The van der Waals surface area contributed by atoms with Gasteiger partial charge in [0.1, 0.15) is 11.5 Å². The van der Waals surface area contributed by atoms with Crippen molar-refractivity contribution in [1.29, 1.82) is 0 Å². The summed E-state index contributed by atoms with van der Waals surface area (Å²) in [5.74, 6) is 1.79. The van der Waals surface area contributed by atoms with Crippen molar-refractivity contribution < 1.29 is 4.79 Å². The third-order valence-electron chi connectivity index (χ3n) is 6.98. The molecule has 1 atom stereocenters. The van der Waals surface area contributed by atoms with Crippen LogP contribution in [0.5, 0.6) is 0 Å². The minimum atomic E-state index is 0.132. The van der Waals surface area contributed by atoms with Gasteiger partial charge >= 0.3 is 0 Å². The van der Waals surface area contributed by atoms with E-state index in [1.54, 1.807) is 13.1 Å². The van der Waals surface area contributed by atoms with Crippen molar-refractivity contribution in [3.8, 4) is 11.5 Å². The first-order valence-electron chi connectivity index (χ1n) is 12.3. The molecule has 0 spiro atoms. The maximum absolute atomic E-state index is 12.2. The van der Waals surface area contributed by atoms with Gasteiger partial charge in [0.2, 0.25) is 5.91 Å². The summed E-state index contributed by atoms with van der Waals surface area (Å²) in [6, 6.07) is 14.1. The van der Waals surface area contributed by atoms with Crippen LogP contribution in [0.2, 0.25) is 5.02 Å². The van der Waals surface area contributed by atoms with E-state index in [0.29, 0.717) is 5.82 Å². The average molecular weight is 491 g/mol. The number of anilines is 1. The summed E-state index contributed by atoms with van der Waals surface area (Å²) in [4.78, 5) is 33.5. The third kappa shape index (κ3) is 5.16. The number of carbonyl (C=O) groups is 1. The summed E-state index contributed by atoms with van der Waals surface area (Å²) in [5, 5.41) is 0.755. The third-order valence-corrected chi connectivity index (χ3v) is 7.23. The molecule has 0 saturated carbocycles. The maximum atomic E-state index is 12.2. The Balaban J connectivity index is 1.46. The van der Waals surface area contributed by atoms with Gasteiger partial charge < -0.3 is 9.80 Å². The van der Waals surface area contributed by atoms with Crippen LogP contribution < -0.4 is 4.90 Å². The van der Waals surface area contributed by atoms with Crippen molar-refractivity contribution in [3.05, 3.63) is 70.5 Å². The maximum Gasteiger partial charge on any atom is 0.219 e. The van der Waals surface area contributed by atoms with Crippen molar-refractivity contribution in [1.82, 2.24) is 24.8 Å². The molecule has 0 bridgehead atoms. The number of carbonyl (C=O) groups excluding carboxylic acids is 1. The van der Waals surface area contributed by atoms with E-state index in [1.807, 2.05) is 42.2 Å². The number of fused-ring (bicyclic) bond motifs is 1. The first-order chi connectivity index (χ1) is 17.0. The van der Waals surface area contributed by atoms with Crippen molar-refractivity contribution >= 4 is 23.3 Å². The Bertz CT molecular complexity index is 1190. The molecule has 0 radical (unpaired) electrons. The number of nitrogens with zero attached hydrogens (tertiary/aromatic N) is 6. The minimum Gasteiger partial charge on any atom is -0.354 e. The summed E-state index contributed by atoms with van der Waals surface area (Å²) in [7, 11) is 0. The Kier molecular flexibility index (Phi) is 6.97. The molecule has 5 rings (SSSR count). The fourth-order valence-electron chi connectivity index (χ4n) is 5.23. The van der Waals surface area contributed by atoms with E-state index in [9.17, 15) is 4.79 Å². The Morgan fingerprint density at radius 3 is 2.69 bits per heavy atom. The predicted octanol–water partition coefficient (Wildman–Crippen LogP) is 4.20. The quantitative estimate of drug-likeness (QED) is 0.516. The first-order valence-corrected chi connectivity index (χ1v) is 12.7. The molecular formula is C27H31ClN6O. The first kappa shape index (κ1) is 23.7. The van der Waals surface area contributed by atoms with Gasteiger partial charge in [0, 0.05) is 69.4 Å². The number of pyridine rings is 1. The number of amides is 1. The molecule has 7 nitrogen and oxygen atoms in total. The van der Waals surface area contributed by atoms with Crippen LogP contribution in [0.25, 0.3) is 11.5 Å². The topological polar surface area (TPSA) is 65.5 Å². The lowest BCUT2D eigenvalue weighted by molar-refractivity contribution is -0.130. The van der Waals surface area contributed by atoms with E-state index in [2.05, 4.69) is 26.9 Å². The van der Waals surface area contributed by atoms with Crippen molar-refractivity contribution in [2.75, 3.05) is 31.1 Å². The van der Waals surface area contributed by atoms with Crippen molar-refractivity contribution in [2.45, 2.75) is 45.8 Å². The largest absolute Gasteiger partial charge is 0.354 e. The molecule has 8 heteroatoms. The molecule has 2 aliphatic rings. The van der Waals surface area contributed by atoms with Gasteiger partial charge in [0.25, 0.3) is 0 Å². The van der Waals surface area contributed by atoms with Crippen LogP contribution in [0.15, 0.2) is 48.7 Å². The fourth-order valence-corrected chi connectivity index (χ4v) is 5.36. The highest BCUT2D eigenvalue weighted by Crippen LogP contribution is 2.32. The molecule has 0 N–H and O–H groups in total. The Hall–Kier alpha value is -3.03. The van der Waals surface area contributed by atoms with E-state index in [4.69, 9.17) is 21.6 Å². The second-order valence-corrected chi connectivity index (χ2v) is 9.73. The summed E-state index contributed by atoms with van der Waals surface area (Å²) >= 11 is 6.08. The summed E-state index contributed by atoms with van der Waals surface area (Å²) in [6.07, 6.45) is 3.59. The summed E-state index contributed by atoms with van der Waals surface area (Å²) in [6.45, 7) is 8.67. The van der Waals surface area contributed by atoms with E-state index in [0.717, 1.165) is 74.3 Å². The van der Waals surface area contributed by atoms with Gasteiger partial charge in [-0.2, -0.15) is 0 Å². The molecule has 1 aromatic carbocycles. The number of hydrogen-bond donors (Lipinski definition) is 0. The molecule has 4 heterocycles. The second-order valence-electron chi connectivity index (χ2n) is 9.29. The highest BCUT2D eigenvalue weighted by Gasteiger charge is 2.33. The van der Waals surface area contributed by atoms with Gasteiger partial charge in [-0.1, -0.05) is 29.8 Å². The van der Waals surface area contributed by atoms with Crippen LogP contribution in [0.3, 0.4) is 0 Å². The molecule has 1 unspecified atom stereocenters. The number of rotatable bonds is 6. The fraction of sp³-hybridized carbons (Fsp3) is 0.407. The van der Waals surface area contributed by atoms with Gasteiger partial charge in [-0.3, -0.25) is 14.7 Å². The van der Waals surface area contributed by atoms with E-state index in [-0.39, 0.29) is 11.9 Å². The van der Waals surface area contributed by atoms with Crippen LogP contribution in [0, 0.1) is 0 Å². The molecule has 1 saturated heterocycles. The molecule has 1 fully saturated rings. The number of halogens is 1. The standard InChI is InChI=1S/C27H31ClN6O/c1-3-34(19(2)35)22-11-15-33(17-22)27-23-18-32(16-20-7-9-21(28)10-8-20)14-12-24(23)30-26(31-27)25-6-4-5-13-29-25/h4-10,13,22H,3,11-12,14-18H2,1-2H3. The molecule has 2 aromatic heterocycles. The average Bonchev–Trinajstić information content (AvgIpc) is 3.35. The predicted molar refractivity (Wildman–Crippen MR) is 138 cm³/mol. The zero-order valence-electron chi connectivity index (χ0n) is 20.3. The molecule has 2 aliphatic heterocycles. The van der Waals surface area contributed by atoms with Gasteiger partial charge in [0.15, 0.2) is 5.82 Å². The van der Waals surface area contributed by atoms with Crippen molar-refractivity contribution in [2.24, 2.45) is 0 Å². The molecular weight excluding hydrogens is 460 g/mol. The van der Waals surface area contributed by atoms with Crippen LogP contribution in [-0.4, -0.2) is 62.9 Å². The van der Waals surface area contributed by atoms with E-state index in [1.165, 1.54) is 11.1 Å². The lowest BCUT2D eigenvalue weighted by atomic mass is 10.0.